The first-order valence-corrected chi connectivity index (χ1v) is 6.63. The van der Waals surface area contributed by atoms with Crippen LogP contribution in [-0.4, -0.2) is 35.6 Å². The minimum atomic E-state index is -0.630. The molecule has 6 heteroatoms. The van der Waals surface area contributed by atoms with Gasteiger partial charge in [-0.05, 0) is 25.7 Å². The highest BCUT2D eigenvalue weighted by Gasteiger charge is 2.20. The van der Waals surface area contributed by atoms with E-state index in [0.29, 0.717) is 11.9 Å². The van der Waals surface area contributed by atoms with E-state index < -0.39 is 11.5 Å². The lowest BCUT2D eigenvalue weighted by Crippen LogP contribution is -2.37. The Kier molecular flexibility index (Phi) is 4.19. The molecule has 1 aromatic rings. The second kappa shape index (κ2) is 5.86. The maximum Gasteiger partial charge on any atom is 0.345 e. The SMILES string of the molecule is CCOC(=O)c1cnc(N2CCC[C@H](C)C2)[nH]c1=O. The van der Waals surface area contributed by atoms with Crippen LogP contribution in [0.5, 0.6) is 0 Å². The molecular weight excluding hydrogens is 246 g/mol. The fourth-order valence-electron chi connectivity index (χ4n) is 2.28. The second-order valence-electron chi connectivity index (χ2n) is 4.86. The molecule has 2 heterocycles. The molecule has 1 atom stereocenters. The van der Waals surface area contributed by atoms with Crippen molar-refractivity contribution in [1.29, 1.82) is 0 Å². The van der Waals surface area contributed by atoms with Crippen LogP contribution in [0.15, 0.2) is 11.0 Å². The van der Waals surface area contributed by atoms with Gasteiger partial charge >= 0.3 is 5.97 Å². The van der Waals surface area contributed by atoms with Crippen molar-refractivity contribution in [1.82, 2.24) is 9.97 Å². The minimum Gasteiger partial charge on any atom is -0.462 e. The third-order valence-electron chi connectivity index (χ3n) is 3.24. The molecule has 1 aliphatic heterocycles. The van der Waals surface area contributed by atoms with Crippen molar-refractivity contribution in [3.8, 4) is 0 Å². The zero-order valence-electron chi connectivity index (χ0n) is 11.3. The number of H-pyrrole nitrogens is 1. The Labute approximate surface area is 111 Å². The quantitative estimate of drug-likeness (QED) is 0.831. The van der Waals surface area contributed by atoms with Crippen molar-refractivity contribution >= 4 is 11.9 Å². The molecule has 1 fully saturated rings. The molecule has 0 unspecified atom stereocenters. The van der Waals surface area contributed by atoms with Gasteiger partial charge in [0.1, 0.15) is 5.56 Å². The Bertz CT molecular complexity index is 512. The van der Waals surface area contributed by atoms with E-state index in [9.17, 15) is 9.59 Å². The number of nitrogens with one attached hydrogen (secondary N) is 1. The summed E-state index contributed by atoms with van der Waals surface area (Å²) < 4.78 is 4.80. The van der Waals surface area contributed by atoms with E-state index in [2.05, 4.69) is 16.9 Å². The largest absolute Gasteiger partial charge is 0.462 e. The molecule has 104 valence electrons. The van der Waals surface area contributed by atoms with Crippen LogP contribution in [-0.2, 0) is 4.74 Å². The molecule has 1 saturated heterocycles. The summed E-state index contributed by atoms with van der Waals surface area (Å²) in [5.41, 5.74) is -0.489. The van der Waals surface area contributed by atoms with Gasteiger partial charge in [-0.2, -0.15) is 0 Å². The van der Waals surface area contributed by atoms with Crippen molar-refractivity contribution in [2.24, 2.45) is 5.92 Å². The fourth-order valence-corrected chi connectivity index (χ4v) is 2.28. The number of ether oxygens (including phenoxy) is 1. The molecule has 1 aliphatic rings. The van der Waals surface area contributed by atoms with Crippen LogP contribution in [0.1, 0.15) is 37.0 Å². The number of carbonyl (C=O) groups is 1. The molecule has 0 spiro atoms. The van der Waals surface area contributed by atoms with Gasteiger partial charge in [0.2, 0.25) is 5.95 Å². The molecule has 0 saturated carbocycles. The Morgan fingerprint density at radius 1 is 1.63 bits per heavy atom. The van der Waals surface area contributed by atoms with Crippen LogP contribution in [0.4, 0.5) is 5.95 Å². The first-order chi connectivity index (χ1) is 9.11. The topological polar surface area (TPSA) is 75.3 Å². The van der Waals surface area contributed by atoms with Crippen molar-refractivity contribution < 1.29 is 9.53 Å². The van der Waals surface area contributed by atoms with E-state index in [-0.39, 0.29) is 12.2 Å². The zero-order valence-corrected chi connectivity index (χ0v) is 11.3. The summed E-state index contributed by atoms with van der Waals surface area (Å²) in [6.07, 6.45) is 3.58. The minimum absolute atomic E-state index is 0.0457. The molecule has 6 nitrogen and oxygen atoms in total. The molecule has 2 rings (SSSR count). The number of esters is 1. The molecule has 19 heavy (non-hydrogen) atoms. The van der Waals surface area contributed by atoms with Crippen LogP contribution in [0.3, 0.4) is 0 Å². The third kappa shape index (κ3) is 3.13. The molecular formula is C13H19N3O3. The monoisotopic (exact) mass is 265 g/mol. The van der Waals surface area contributed by atoms with Gasteiger partial charge in [0.25, 0.3) is 5.56 Å². The fraction of sp³-hybridized carbons (Fsp3) is 0.615. The highest BCUT2D eigenvalue weighted by Crippen LogP contribution is 2.18. The molecule has 1 aromatic heterocycles. The van der Waals surface area contributed by atoms with Gasteiger partial charge in [0.15, 0.2) is 0 Å². The van der Waals surface area contributed by atoms with E-state index in [1.807, 2.05) is 4.90 Å². The first kappa shape index (κ1) is 13.6. The Balaban J connectivity index is 2.19. The van der Waals surface area contributed by atoms with Crippen molar-refractivity contribution in [3.05, 3.63) is 22.1 Å². The van der Waals surface area contributed by atoms with Gasteiger partial charge in [-0.1, -0.05) is 6.92 Å². The summed E-state index contributed by atoms with van der Waals surface area (Å²) >= 11 is 0. The molecule has 1 N–H and O–H groups in total. The number of piperidine rings is 1. The maximum atomic E-state index is 11.9. The van der Waals surface area contributed by atoms with Gasteiger partial charge < -0.3 is 9.64 Å². The number of anilines is 1. The lowest BCUT2D eigenvalue weighted by molar-refractivity contribution is 0.0523. The Morgan fingerprint density at radius 2 is 2.42 bits per heavy atom. The average molecular weight is 265 g/mol. The van der Waals surface area contributed by atoms with E-state index in [1.165, 1.54) is 12.6 Å². The van der Waals surface area contributed by atoms with Gasteiger partial charge in [-0.15, -0.1) is 0 Å². The van der Waals surface area contributed by atoms with E-state index in [4.69, 9.17) is 4.74 Å². The highest BCUT2D eigenvalue weighted by atomic mass is 16.5. The Hall–Kier alpha value is -1.85. The molecule has 0 aromatic carbocycles. The van der Waals surface area contributed by atoms with E-state index in [1.54, 1.807) is 6.92 Å². The van der Waals surface area contributed by atoms with Gasteiger partial charge in [-0.25, -0.2) is 9.78 Å². The summed E-state index contributed by atoms with van der Waals surface area (Å²) in [5, 5.41) is 0. The van der Waals surface area contributed by atoms with Crippen molar-refractivity contribution in [3.63, 3.8) is 0 Å². The third-order valence-corrected chi connectivity index (χ3v) is 3.24. The Morgan fingerprint density at radius 3 is 3.05 bits per heavy atom. The van der Waals surface area contributed by atoms with Gasteiger partial charge in [0.05, 0.1) is 12.8 Å². The summed E-state index contributed by atoms with van der Waals surface area (Å²) in [6.45, 7) is 5.87. The standard InChI is InChI=1S/C13H19N3O3/c1-3-19-12(18)10-7-14-13(15-11(10)17)16-6-4-5-9(2)8-16/h7,9H,3-6,8H2,1-2H3,(H,14,15,17)/t9-/m0/s1. The summed E-state index contributed by atoms with van der Waals surface area (Å²) in [4.78, 5) is 32.2. The number of hydrogen-bond donors (Lipinski definition) is 1. The number of hydrogen-bond acceptors (Lipinski definition) is 5. The summed E-state index contributed by atoms with van der Waals surface area (Å²) in [7, 11) is 0. The van der Waals surface area contributed by atoms with Crippen LogP contribution >= 0.6 is 0 Å². The van der Waals surface area contributed by atoms with Gasteiger partial charge in [-0.3, -0.25) is 9.78 Å². The summed E-state index contributed by atoms with van der Waals surface area (Å²) in [6, 6.07) is 0. The number of rotatable bonds is 3. The smallest absolute Gasteiger partial charge is 0.345 e. The lowest BCUT2D eigenvalue weighted by Gasteiger charge is -2.31. The molecule has 0 bridgehead atoms. The highest BCUT2D eigenvalue weighted by molar-refractivity contribution is 5.88. The van der Waals surface area contributed by atoms with E-state index >= 15 is 0 Å². The first-order valence-electron chi connectivity index (χ1n) is 6.63. The number of aromatic nitrogens is 2. The molecule has 0 radical (unpaired) electrons. The molecule has 0 amide bonds. The number of carbonyl (C=O) groups excluding carboxylic acids is 1. The lowest BCUT2D eigenvalue weighted by atomic mass is 10.0. The zero-order chi connectivity index (χ0) is 13.8. The van der Waals surface area contributed by atoms with Crippen LogP contribution in [0.2, 0.25) is 0 Å². The second-order valence-corrected chi connectivity index (χ2v) is 4.86. The molecule has 0 aliphatic carbocycles. The van der Waals surface area contributed by atoms with Crippen LogP contribution in [0.25, 0.3) is 0 Å². The number of nitrogens with zero attached hydrogens (tertiary/aromatic N) is 2. The van der Waals surface area contributed by atoms with E-state index in [0.717, 1.165) is 19.5 Å². The van der Waals surface area contributed by atoms with Crippen molar-refractivity contribution in [2.75, 3.05) is 24.6 Å². The van der Waals surface area contributed by atoms with Gasteiger partial charge in [0, 0.05) is 13.1 Å². The summed E-state index contributed by atoms with van der Waals surface area (Å²) in [5.74, 6) is 0.489. The van der Waals surface area contributed by atoms with Crippen LogP contribution < -0.4 is 10.5 Å². The predicted molar refractivity (Wildman–Crippen MR) is 71.4 cm³/mol. The predicted octanol–water partition coefficient (Wildman–Crippen LogP) is 1.18. The maximum absolute atomic E-state index is 11.9. The normalized spacial score (nSPS) is 19.3. The number of aromatic amines is 1. The van der Waals surface area contributed by atoms with Crippen molar-refractivity contribution in [2.45, 2.75) is 26.7 Å². The average Bonchev–Trinajstić information content (AvgIpc) is 2.38. The van der Waals surface area contributed by atoms with Crippen LogP contribution in [0, 0.1) is 5.92 Å².